The van der Waals surface area contributed by atoms with Crippen LogP contribution in [0.1, 0.15) is 7.43 Å². The van der Waals surface area contributed by atoms with Gasteiger partial charge >= 0.3 is 0 Å². The molecular formula is C2H6BrW-. The SMILES string of the molecule is C.[CH2-]Br.[W]. The molecule has 4 heavy (non-hydrogen) atoms. The van der Waals surface area contributed by atoms with E-state index in [9.17, 15) is 0 Å². The maximum atomic E-state index is 3.06. The molecule has 0 fully saturated rings. The van der Waals surface area contributed by atoms with Crippen molar-refractivity contribution in [3.63, 3.8) is 0 Å². The molecule has 0 aliphatic carbocycles. The van der Waals surface area contributed by atoms with Gasteiger partial charge in [0.2, 0.25) is 0 Å². The maximum Gasteiger partial charge on any atom is 0 e. The summed E-state index contributed by atoms with van der Waals surface area (Å²) in [5.74, 6) is 3.06. The van der Waals surface area contributed by atoms with E-state index in [1.165, 1.54) is 0 Å². The van der Waals surface area contributed by atoms with Crippen LogP contribution in [-0.2, 0) is 21.1 Å². The zero-order valence-electron chi connectivity index (χ0n) is 1.49. The number of halogens is 1. The molecular weight excluding hydrogens is 288 g/mol. The van der Waals surface area contributed by atoms with Crippen molar-refractivity contribution < 1.29 is 21.1 Å². The Balaban J connectivity index is -0.00000000500. The summed E-state index contributed by atoms with van der Waals surface area (Å²) in [7, 11) is 0. The summed E-state index contributed by atoms with van der Waals surface area (Å²) in [5, 5.41) is 0. The topological polar surface area (TPSA) is 0 Å². The van der Waals surface area contributed by atoms with E-state index in [0.29, 0.717) is 0 Å². The normalized spacial score (nSPS) is 1.50. The molecule has 0 N–H and O–H groups in total. The van der Waals surface area contributed by atoms with Gasteiger partial charge in [-0.15, -0.1) is 0 Å². The molecule has 0 radical (unpaired) electrons. The van der Waals surface area contributed by atoms with E-state index in [1.807, 2.05) is 0 Å². The molecule has 0 aliphatic heterocycles. The zero-order chi connectivity index (χ0) is 2.00. The molecule has 0 nitrogen and oxygen atoms in total. The van der Waals surface area contributed by atoms with E-state index in [0.717, 1.165) is 0 Å². The Bertz CT molecular complexity index is 6.00. The molecule has 0 aliphatic rings. The van der Waals surface area contributed by atoms with Gasteiger partial charge in [-0.1, -0.05) is 7.43 Å². The van der Waals surface area contributed by atoms with Gasteiger partial charge in [0.15, 0.2) is 0 Å². The van der Waals surface area contributed by atoms with Crippen LogP contribution in [0.25, 0.3) is 0 Å². The van der Waals surface area contributed by atoms with Crippen molar-refractivity contribution in [1.29, 1.82) is 0 Å². The average molecular weight is 294 g/mol. The first-order chi connectivity index (χ1) is 1.00. The molecule has 0 heterocycles. The summed E-state index contributed by atoms with van der Waals surface area (Å²) in [6.45, 7) is 0. The van der Waals surface area contributed by atoms with Gasteiger partial charge in [-0.05, 0) is 0 Å². The summed E-state index contributed by atoms with van der Waals surface area (Å²) in [4.78, 5) is 0. The molecule has 0 bridgehead atoms. The minimum atomic E-state index is 0. The van der Waals surface area contributed by atoms with Crippen molar-refractivity contribution in [3.05, 3.63) is 5.83 Å². The van der Waals surface area contributed by atoms with Crippen LogP contribution in [0, 0.1) is 5.83 Å². The Labute approximate surface area is 50.4 Å². The van der Waals surface area contributed by atoms with Gasteiger partial charge in [0, 0.05) is 21.1 Å². The second-order valence-electron chi connectivity index (χ2n) is 0. The molecule has 0 saturated heterocycles. The molecule has 0 aromatic carbocycles. The predicted octanol–water partition coefficient (Wildman–Crippen LogP) is 1.81. The number of rotatable bonds is 0. The van der Waals surface area contributed by atoms with Crippen LogP contribution in [0.15, 0.2) is 0 Å². The van der Waals surface area contributed by atoms with Crippen LogP contribution < -0.4 is 0 Å². The first kappa shape index (κ1) is 19.1. The van der Waals surface area contributed by atoms with E-state index in [2.05, 4.69) is 21.8 Å². The van der Waals surface area contributed by atoms with Gasteiger partial charge in [0.05, 0.1) is 0 Å². The van der Waals surface area contributed by atoms with Crippen molar-refractivity contribution in [1.82, 2.24) is 0 Å². The summed E-state index contributed by atoms with van der Waals surface area (Å²) in [6.07, 6.45) is 0. The third-order valence-electron chi connectivity index (χ3n) is 0. The van der Waals surface area contributed by atoms with E-state index in [-0.39, 0.29) is 28.5 Å². The first-order valence-electron chi connectivity index (χ1n) is 0.267. The monoisotopic (exact) mass is 293 g/mol. The van der Waals surface area contributed by atoms with Crippen LogP contribution in [-0.4, -0.2) is 0 Å². The summed E-state index contributed by atoms with van der Waals surface area (Å²) < 4.78 is 0. The average Bonchev–Trinajstić information content (AvgIpc) is 1.00. The van der Waals surface area contributed by atoms with Crippen LogP contribution >= 0.6 is 15.9 Å². The minimum absolute atomic E-state index is 0. The maximum absolute atomic E-state index is 3.06. The molecule has 2 heteroatoms. The van der Waals surface area contributed by atoms with Gasteiger partial charge in [0.25, 0.3) is 0 Å². The van der Waals surface area contributed by atoms with Crippen LogP contribution in [0.5, 0.6) is 0 Å². The second-order valence-corrected chi connectivity index (χ2v) is 0. The molecule has 0 unspecified atom stereocenters. The summed E-state index contributed by atoms with van der Waals surface area (Å²) in [5.41, 5.74) is 0. The largest absolute Gasteiger partial charge is 0.323 e. The fraction of sp³-hybridized carbons (Fsp3) is 0.500. The van der Waals surface area contributed by atoms with Gasteiger partial charge in [-0.2, -0.15) is 0 Å². The van der Waals surface area contributed by atoms with Crippen molar-refractivity contribution >= 4 is 15.9 Å². The van der Waals surface area contributed by atoms with E-state index >= 15 is 0 Å². The summed E-state index contributed by atoms with van der Waals surface area (Å²) in [6, 6.07) is 0. The van der Waals surface area contributed by atoms with Gasteiger partial charge in [0.1, 0.15) is 0 Å². The van der Waals surface area contributed by atoms with Crippen LogP contribution in [0.4, 0.5) is 0 Å². The number of hydrogen-bond donors (Lipinski definition) is 0. The van der Waals surface area contributed by atoms with E-state index in [1.54, 1.807) is 0 Å². The van der Waals surface area contributed by atoms with Gasteiger partial charge in [-0.3, -0.25) is 5.83 Å². The number of hydrogen-bond acceptors (Lipinski definition) is 0. The van der Waals surface area contributed by atoms with Crippen LogP contribution in [0.3, 0.4) is 0 Å². The molecule has 0 saturated carbocycles. The quantitative estimate of drug-likeness (QED) is 0.598. The smallest absolute Gasteiger partial charge is 0 e. The summed E-state index contributed by atoms with van der Waals surface area (Å²) >= 11 is 2.69. The molecule has 0 aromatic rings. The minimum Gasteiger partial charge on any atom is -0.323 e. The standard InChI is InChI=1S/CH2Br.CH4.W/c1-2;;/h1H2;1H4;/q-1;;. The van der Waals surface area contributed by atoms with Crippen molar-refractivity contribution in [2.45, 2.75) is 7.43 Å². The Morgan fingerprint density at radius 1 is 1.25 bits per heavy atom. The second kappa shape index (κ2) is 30.7. The Kier molecular flexibility index (Phi) is 146. The van der Waals surface area contributed by atoms with Crippen LogP contribution in [0.2, 0.25) is 0 Å². The molecule has 0 amide bonds. The van der Waals surface area contributed by atoms with Gasteiger partial charge in [-0.25, -0.2) is 0 Å². The first-order valence-corrected chi connectivity index (χ1v) is 1.39. The van der Waals surface area contributed by atoms with E-state index < -0.39 is 0 Å². The third-order valence-corrected chi connectivity index (χ3v) is 0. The third kappa shape index (κ3) is 10.9. The molecule has 0 spiro atoms. The molecule has 0 rings (SSSR count). The molecule has 28 valence electrons. The van der Waals surface area contributed by atoms with Crippen molar-refractivity contribution in [2.24, 2.45) is 0 Å². The van der Waals surface area contributed by atoms with E-state index in [4.69, 9.17) is 0 Å². The van der Waals surface area contributed by atoms with Gasteiger partial charge < -0.3 is 15.9 Å². The van der Waals surface area contributed by atoms with Crippen molar-refractivity contribution in [3.8, 4) is 0 Å². The Hall–Kier alpha value is 1.17. The van der Waals surface area contributed by atoms with Crippen molar-refractivity contribution in [2.75, 3.05) is 0 Å². The fourth-order valence-electron chi connectivity index (χ4n) is 0. The molecule has 0 atom stereocenters. The Morgan fingerprint density at radius 2 is 1.25 bits per heavy atom. The zero-order valence-corrected chi connectivity index (χ0v) is 6.01. The Morgan fingerprint density at radius 3 is 1.25 bits per heavy atom. The molecule has 0 aromatic heterocycles. The fourth-order valence-corrected chi connectivity index (χ4v) is 0. The predicted molar refractivity (Wildman–Crippen MR) is 21.0 cm³/mol.